The van der Waals surface area contributed by atoms with E-state index >= 15 is 0 Å². The van der Waals surface area contributed by atoms with Crippen LogP contribution in [0, 0.1) is 6.92 Å². The molecule has 6 nitrogen and oxygen atoms in total. The normalized spacial score (nSPS) is 11.3. The Bertz CT molecular complexity index is 8510. The molecule has 6 heteroatoms. The predicted molar refractivity (Wildman–Crippen MR) is 584 cm³/mol. The van der Waals surface area contributed by atoms with Crippen molar-refractivity contribution in [1.82, 2.24) is 0 Å². The van der Waals surface area contributed by atoms with Crippen LogP contribution < -0.4 is 19.6 Å². The maximum atomic E-state index is 6.97. The van der Waals surface area contributed by atoms with E-state index in [1.54, 1.807) is 0 Å². The summed E-state index contributed by atoms with van der Waals surface area (Å²) < 4.78 is 13.5. The fourth-order valence-electron chi connectivity index (χ4n) is 20.0. The highest BCUT2D eigenvalue weighted by Crippen LogP contribution is 2.49. The first-order valence-corrected chi connectivity index (χ1v) is 47.5. The van der Waals surface area contributed by atoms with Crippen molar-refractivity contribution in [3.8, 4) is 122 Å². The standard InChI is InChI=1S/C133H92N4O2/c1-91-88-120(85-86-121(91)105-60-62-107(63-61-105)123-37-18-17-36-122(123)106-58-56-96(57-59-106)101-72-83-119(84-73-101)136(113-32-13-5-14-33-113)128-41-22-39-125-124-38-19-20-43-130(124)138-132(125)128)137(114-34-15-6-16-35-114)129-42-23-40-126-127-90-110(74-87-131(127)139-133(126)129)104-54-48-95(49-55-104)100-70-81-118(82-71-100)135(112-30-11-4-12-31-112)117-79-68-99(69-80-117)94-46-52-103(53-47-94)109-27-21-26-108(89-109)102-50-44-93(45-51-102)98-66-77-116(78-67-98)134(111-28-9-3-10-29-111)115-75-64-97(65-76-115)92-24-7-2-8-25-92/h2-90H,1H3. The van der Waals surface area contributed by atoms with Crippen LogP contribution in [0.3, 0.4) is 0 Å². The second-order valence-electron chi connectivity index (χ2n) is 35.5. The molecular formula is C133H92N4O2. The van der Waals surface area contributed by atoms with Gasteiger partial charge < -0.3 is 28.4 Å². The van der Waals surface area contributed by atoms with Crippen LogP contribution in [0.1, 0.15) is 5.56 Å². The first kappa shape index (κ1) is 83.7. The molecule has 2 aromatic heterocycles. The molecule has 0 aliphatic heterocycles. The summed E-state index contributed by atoms with van der Waals surface area (Å²) in [5.41, 5.74) is 42.8. The van der Waals surface area contributed by atoms with E-state index in [0.29, 0.717) is 0 Å². The smallest absolute Gasteiger partial charge is 0.159 e. The largest absolute Gasteiger partial charge is 0.454 e. The maximum absolute atomic E-state index is 6.97. The van der Waals surface area contributed by atoms with Crippen molar-refractivity contribution < 1.29 is 8.83 Å². The minimum Gasteiger partial charge on any atom is -0.454 e. The van der Waals surface area contributed by atoms with Gasteiger partial charge in [-0.3, -0.25) is 0 Å². The van der Waals surface area contributed by atoms with E-state index in [2.05, 4.69) is 554 Å². The van der Waals surface area contributed by atoms with Gasteiger partial charge in [0.05, 0.1) is 11.4 Å². The van der Waals surface area contributed by atoms with Gasteiger partial charge in [0.15, 0.2) is 11.2 Å². The SMILES string of the molecule is Cc1cc(N(c2ccccc2)c2cccc3c2oc2ccc(-c4ccc(-c5ccc(N(c6ccccc6)c6ccc(-c7ccc(-c8cccc(-c9ccc(-c%10ccc(N(c%11ccccc%11)c%11ccc(-c%12ccccc%12)cc%11)cc%10)cc9)c8)cc7)cc6)cc5)cc4)cc23)ccc1-c1ccc(-c2ccccc2-c2ccc(-c3ccc(N(c4ccccc4)c4cccc5c4oc4ccccc45)cc3)cc2)cc1. The van der Waals surface area contributed by atoms with Gasteiger partial charge in [-0.1, -0.05) is 382 Å². The van der Waals surface area contributed by atoms with Gasteiger partial charge in [-0.2, -0.15) is 0 Å². The van der Waals surface area contributed by atoms with Crippen LogP contribution in [0.5, 0.6) is 0 Å². The highest BCUT2D eigenvalue weighted by atomic mass is 16.3. The fraction of sp³-hybridized carbons (Fsp3) is 0.00752. The number of anilines is 12. The Kier molecular flexibility index (Phi) is 22.2. The number of para-hydroxylation sites is 7. The molecule has 0 amide bonds. The highest BCUT2D eigenvalue weighted by molar-refractivity contribution is 6.13. The minimum atomic E-state index is 0.827. The number of fused-ring (bicyclic) bond motifs is 6. The lowest BCUT2D eigenvalue weighted by atomic mass is 9.92. The van der Waals surface area contributed by atoms with Gasteiger partial charge in [0.1, 0.15) is 11.2 Å². The molecule has 24 aromatic rings. The number of benzene rings is 22. The third-order valence-corrected chi connectivity index (χ3v) is 27.1. The monoisotopic (exact) mass is 1780 g/mol. The molecule has 0 aliphatic carbocycles. The molecule has 2 heterocycles. The van der Waals surface area contributed by atoms with Crippen LogP contribution in [0.4, 0.5) is 68.2 Å². The lowest BCUT2D eigenvalue weighted by Crippen LogP contribution is -2.10. The molecule has 656 valence electrons. The Morgan fingerprint density at radius 1 is 0.137 bits per heavy atom. The summed E-state index contributed by atoms with van der Waals surface area (Å²) in [6.07, 6.45) is 0. The molecule has 0 N–H and O–H groups in total. The summed E-state index contributed by atoms with van der Waals surface area (Å²) in [5, 5.41) is 4.33. The van der Waals surface area contributed by atoms with E-state index in [4.69, 9.17) is 8.83 Å². The topological polar surface area (TPSA) is 39.2 Å². The van der Waals surface area contributed by atoms with Crippen LogP contribution in [0.15, 0.2) is 549 Å². The molecule has 22 aromatic carbocycles. The molecule has 24 rings (SSSR count). The van der Waals surface area contributed by atoms with Gasteiger partial charge in [0, 0.05) is 78.4 Å². The third-order valence-electron chi connectivity index (χ3n) is 27.1. The Morgan fingerprint density at radius 2 is 0.374 bits per heavy atom. The van der Waals surface area contributed by atoms with Crippen LogP contribution in [0.2, 0.25) is 0 Å². The Balaban J connectivity index is 0.432. The first-order valence-electron chi connectivity index (χ1n) is 47.5. The van der Waals surface area contributed by atoms with E-state index in [0.717, 1.165) is 173 Å². The van der Waals surface area contributed by atoms with Crippen molar-refractivity contribution in [2.24, 2.45) is 0 Å². The van der Waals surface area contributed by atoms with Crippen LogP contribution >= 0.6 is 0 Å². The highest BCUT2D eigenvalue weighted by Gasteiger charge is 2.25. The van der Waals surface area contributed by atoms with Gasteiger partial charge in [-0.05, 0) is 293 Å². The fourth-order valence-corrected chi connectivity index (χ4v) is 20.0. The summed E-state index contributed by atoms with van der Waals surface area (Å²) in [6, 6.07) is 194. The van der Waals surface area contributed by atoms with E-state index in [1.165, 1.54) is 66.8 Å². The lowest BCUT2D eigenvalue weighted by Gasteiger charge is -2.26. The summed E-state index contributed by atoms with van der Waals surface area (Å²) in [4.78, 5) is 9.26. The van der Waals surface area contributed by atoms with Crippen molar-refractivity contribution >= 4 is 112 Å². The van der Waals surface area contributed by atoms with Crippen molar-refractivity contribution in [2.45, 2.75) is 6.92 Å². The Hall–Kier alpha value is -18.4. The summed E-state index contributed by atoms with van der Waals surface area (Å²) in [7, 11) is 0. The number of hydrogen-bond donors (Lipinski definition) is 0. The molecule has 0 saturated heterocycles. The first-order chi connectivity index (χ1) is 68.8. The van der Waals surface area contributed by atoms with Crippen molar-refractivity contribution in [2.75, 3.05) is 19.6 Å². The van der Waals surface area contributed by atoms with E-state index in [9.17, 15) is 0 Å². The number of rotatable bonds is 23. The van der Waals surface area contributed by atoms with E-state index in [1.807, 2.05) is 12.1 Å². The number of nitrogens with zero attached hydrogens (tertiary/aromatic N) is 4. The van der Waals surface area contributed by atoms with Crippen molar-refractivity contribution in [1.29, 1.82) is 0 Å². The zero-order valence-electron chi connectivity index (χ0n) is 76.5. The molecule has 0 atom stereocenters. The number of hydrogen-bond acceptors (Lipinski definition) is 6. The van der Waals surface area contributed by atoms with Gasteiger partial charge in [0.2, 0.25) is 0 Å². The second kappa shape index (κ2) is 36.9. The maximum Gasteiger partial charge on any atom is 0.159 e. The average Bonchev–Trinajstić information content (AvgIpc) is 1.56. The molecule has 139 heavy (non-hydrogen) atoms. The molecule has 0 spiro atoms. The quantitative estimate of drug-likeness (QED) is 0.0636. The van der Waals surface area contributed by atoms with Crippen LogP contribution in [0.25, 0.3) is 166 Å². The molecule has 0 saturated carbocycles. The van der Waals surface area contributed by atoms with Crippen LogP contribution in [-0.2, 0) is 0 Å². The molecule has 0 fully saturated rings. The number of furan rings is 2. The van der Waals surface area contributed by atoms with Crippen molar-refractivity contribution in [3.05, 3.63) is 545 Å². The number of aryl methyl sites for hydroxylation is 1. The predicted octanol–water partition coefficient (Wildman–Crippen LogP) is 38.0. The molecule has 0 unspecified atom stereocenters. The van der Waals surface area contributed by atoms with Crippen molar-refractivity contribution in [3.63, 3.8) is 0 Å². The van der Waals surface area contributed by atoms with Crippen LogP contribution in [-0.4, -0.2) is 0 Å². The minimum absolute atomic E-state index is 0.827. The summed E-state index contributed by atoms with van der Waals surface area (Å²) in [6.45, 7) is 2.22. The Labute approximate surface area is 809 Å². The molecule has 0 radical (unpaired) electrons. The van der Waals surface area contributed by atoms with Gasteiger partial charge >= 0.3 is 0 Å². The zero-order chi connectivity index (χ0) is 92.5. The third kappa shape index (κ3) is 16.6. The lowest BCUT2D eigenvalue weighted by molar-refractivity contribution is 0.668. The average molecular weight is 1780 g/mol. The molecule has 0 aliphatic rings. The Morgan fingerprint density at radius 3 is 0.755 bits per heavy atom. The second-order valence-corrected chi connectivity index (χ2v) is 35.5. The summed E-state index contributed by atoms with van der Waals surface area (Å²) >= 11 is 0. The van der Waals surface area contributed by atoms with Gasteiger partial charge in [0.25, 0.3) is 0 Å². The summed E-state index contributed by atoms with van der Waals surface area (Å²) in [5.74, 6) is 0. The molecule has 0 bridgehead atoms. The van der Waals surface area contributed by atoms with E-state index < -0.39 is 0 Å². The molecular weight excluding hydrogens is 1690 g/mol. The zero-order valence-corrected chi connectivity index (χ0v) is 76.5. The van der Waals surface area contributed by atoms with Gasteiger partial charge in [-0.25, -0.2) is 0 Å². The van der Waals surface area contributed by atoms with E-state index in [-0.39, 0.29) is 0 Å². The van der Waals surface area contributed by atoms with Gasteiger partial charge in [-0.15, -0.1) is 0 Å².